The number of hydrogen-bond acceptors (Lipinski definition) is 11. The van der Waals surface area contributed by atoms with Crippen molar-refractivity contribution in [3.05, 3.63) is 152 Å². The van der Waals surface area contributed by atoms with E-state index < -0.39 is 0 Å². The van der Waals surface area contributed by atoms with E-state index in [-0.39, 0.29) is 17.9 Å². The first-order chi connectivity index (χ1) is 30.5. The fourth-order valence-electron chi connectivity index (χ4n) is 9.32. The summed E-state index contributed by atoms with van der Waals surface area (Å²) in [6, 6.07) is 32.7. The predicted octanol–water partition coefficient (Wildman–Crippen LogP) is 12.3. The third-order valence-electron chi connectivity index (χ3n) is 12.7. The van der Waals surface area contributed by atoms with Gasteiger partial charge in [0.25, 0.3) is 0 Å². The SMILES string of the molecule is C=Cc1ccccc1-c1csc(C2CCN(C(Cc3nc4ccccc4s3)C(=O)C(Cc3nc4ccccc4s3)N3CCC(c4nc(-c5ccccc5C=C)cs4)CC3)CC2)n1. The van der Waals surface area contributed by atoms with Gasteiger partial charge in [0.15, 0.2) is 5.78 Å². The number of thiazole rings is 4. The number of ketones is 1. The highest BCUT2D eigenvalue weighted by atomic mass is 32.1. The molecule has 2 aliphatic rings. The number of fused-ring (bicyclic) bond motifs is 2. The Labute approximate surface area is 379 Å². The van der Waals surface area contributed by atoms with E-state index in [0.29, 0.717) is 24.7 Å². The van der Waals surface area contributed by atoms with E-state index >= 15 is 4.79 Å². The minimum absolute atomic E-state index is 0.288. The van der Waals surface area contributed by atoms with Crippen molar-refractivity contribution in [2.45, 2.75) is 62.4 Å². The van der Waals surface area contributed by atoms with Crippen LogP contribution in [0.25, 0.3) is 55.1 Å². The highest BCUT2D eigenvalue weighted by Gasteiger charge is 2.39. The Kier molecular flexibility index (Phi) is 12.2. The molecule has 0 amide bonds. The Balaban J connectivity index is 0.918. The second-order valence-corrected chi connectivity index (χ2v) is 20.3. The van der Waals surface area contributed by atoms with Crippen molar-refractivity contribution in [2.75, 3.05) is 26.2 Å². The summed E-state index contributed by atoms with van der Waals surface area (Å²) in [5.41, 5.74) is 8.48. The molecule has 0 spiro atoms. The van der Waals surface area contributed by atoms with Crippen molar-refractivity contribution in [2.24, 2.45) is 0 Å². The van der Waals surface area contributed by atoms with Gasteiger partial charge in [-0.25, -0.2) is 19.9 Å². The van der Waals surface area contributed by atoms with Crippen LogP contribution in [-0.2, 0) is 17.6 Å². The summed E-state index contributed by atoms with van der Waals surface area (Å²) in [6.45, 7) is 11.4. The minimum Gasteiger partial charge on any atom is -0.296 e. The Morgan fingerprint density at radius 1 is 0.581 bits per heavy atom. The fraction of sp³-hybridized carbons (Fsp3) is 0.275. The molecule has 312 valence electrons. The van der Waals surface area contributed by atoms with Crippen molar-refractivity contribution >= 4 is 83.7 Å². The van der Waals surface area contributed by atoms with E-state index in [9.17, 15) is 0 Å². The summed E-state index contributed by atoms with van der Waals surface area (Å²) >= 11 is 6.96. The molecule has 11 heteroatoms. The van der Waals surface area contributed by atoms with E-state index in [0.717, 1.165) is 116 Å². The third-order valence-corrected chi connectivity index (χ3v) is 16.8. The number of carbonyl (C=O) groups excluding carboxylic acids is 1. The van der Waals surface area contributed by atoms with Gasteiger partial charge in [-0.2, -0.15) is 0 Å². The van der Waals surface area contributed by atoms with Crippen LogP contribution in [0.4, 0.5) is 0 Å². The maximum atomic E-state index is 15.7. The number of benzene rings is 4. The molecular weight excluding hydrogens is 841 g/mol. The maximum Gasteiger partial charge on any atom is 0.167 e. The molecular formula is C51H48N6OS4. The Morgan fingerprint density at radius 3 is 1.40 bits per heavy atom. The van der Waals surface area contributed by atoms with Gasteiger partial charge in [0.1, 0.15) is 0 Å². The number of piperidine rings is 2. The molecule has 8 aromatic rings. The van der Waals surface area contributed by atoms with Crippen LogP contribution in [0.15, 0.2) is 121 Å². The van der Waals surface area contributed by atoms with Crippen LogP contribution in [0.3, 0.4) is 0 Å². The lowest BCUT2D eigenvalue weighted by Gasteiger charge is -2.41. The molecule has 2 aliphatic heterocycles. The quantitative estimate of drug-likeness (QED) is 0.108. The zero-order valence-electron chi connectivity index (χ0n) is 34.6. The molecule has 4 aromatic heterocycles. The van der Waals surface area contributed by atoms with Crippen molar-refractivity contribution in [3.63, 3.8) is 0 Å². The van der Waals surface area contributed by atoms with Crippen LogP contribution in [0.1, 0.15) is 68.7 Å². The van der Waals surface area contributed by atoms with Crippen molar-refractivity contribution < 1.29 is 4.79 Å². The average Bonchev–Trinajstić information content (AvgIpc) is 4.16. The van der Waals surface area contributed by atoms with Gasteiger partial charge in [0, 0.05) is 46.6 Å². The number of carbonyl (C=O) groups is 1. The summed E-state index contributed by atoms with van der Waals surface area (Å²) < 4.78 is 2.33. The van der Waals surface area contributed by atoms with E-state index in [2.05, 4.69) is 107 Å². The van der Waals surface area contributed by atoms with Crippen LogP contribution in [0, 0.1) is 0 Å². The molecule has 2 fully saturated rings. The molecule has 10 rings (SSSR count). The lowest BCUT2D eigenvalue weighted by molar-refractivity contribution is -0.130. The molecule has 4 aromatic carbocycles. The first-order valence-corrected chi connectivity index (χ1v) is 25.0. The third kappa shape index (κ3) is 8.54. The van der Waals surface area contributed by atoms with Crippen LogP contribution in [-0.4, -0.2) is 73.8 Å². The van der Waals surface area contributed by atoms with Crippen molar-refractivity contribution in [1.29, 1.82) is 0 Å². The lowest BCUT2D eigenvalue weighted by Crippen LogP contribution is -2.55. The topological polar surface area (TPSA) is 75.1 Å². The molecule has 62 heavy (non-hydrogen) atoms. The second kappa shape index (κ2) is 18.4. The second-order valence-electron chi connectivity index (χ2n) is 16.3. The van der Waals surface area contributed by atoms with Gasteiger partial charge in [-0.15, -0.1) is 45.3 Å². The van der Waals surface area contributed by atoms with E-state index in [1.165, 1.54) is 10.0 Å². The highest BCUT2D eigenvalue weighted by Crippen LogP contribution is 2.38. The Bertz CT molecular complexity index is 2600. The smallest absolute Gasteiger partial charge is 0.167 e. The number of para-hydroxylation sites is 2. The minimum atomic E-state index is -0.300. The van der Waals surface area contributed by atoms with E-state index in [4.69, 9.17) is 19.9 Å². The molecule has 2 unspecified atom stereocenters. The molecule has 6 heterocycles. The molecule has 2 saturated heterocycles. The number of hydrogen-bond donors (Lipinski definition) is 0. The number of Topliss-reactive ketones (excluding diaryl/α,β-unsaturated/α-hetero) is 1. The normalized spacial score (nSPS) is 16.8. The number of nitrogens with zero attached hydrogens (tertiary/aromatic N) is 6. The zero-order valence-corrected chi connectivity index (χ0v) is 37.8. The van der Waals surface area contributed by atoms with Gasteiger partial charge in [0.05, 0.1) is 63.9 Å². The monoisotopic (exact) mass is 888 g/mol. The molecule has 2 atom stereocenters. The van der Waals surface area contributed by atoms with Crippen molar-refractivity contribution in [3.8, 4) is 22.5 Å². The van der Waals surface area contributed by atoms with Gasteiger partial charge in [-0.3, -0.25) is 14.6 Å². The lowest BCUT2D eigenvalue weighted by atomic mass is 9.90. The zero-order chi connectivity index (χ0) is 42.0. The summed E-state index contributed by atoms with van der Waals surface area (Å²) in [4.78, 5) is 41.1. The van der Waals surface area contributed by atoms with E-state index in [1.807, 2.05) is 36.4 Å². The summed E-state index contributed by atoms with van der Waals surface area (Å²) in [7, 11) is 0. The van der Waals surface area contributed by atoms with Crippen molar-refractivity contribution in [1.82, 2.24) is 29.7 Å². The Morgan fingerprint density at radius 2 is 0.984 bits per heavy atom. The van der Waals surface area contributed by atoms with E-state index in [1.54, 1.807) is 45.3 Å². The molecule has 0 radical (unpaired) electrons. The van der Waals surface area contributed by atoms with Gasteiger partial charge >= 0.3 is 0 Å². The standard InChI is InChI=1S/C51H48N6OS4/c1-3-33-13-5-7-15-37(33)41-31-59-50(54-41)35-21-25-56(26-22-35)43(29-47-52-39-17-9-11-19-45(39)61-47)49(58)44(30-48-53-40-18-10-12-20-46(40)62-48)57-27-23-36(24-28-57)51-55-42(32-60-51)38-16-8-6-14-34(38)4-2/h3-20,31-32,35-36,43-44H,1-2,21-30H2. The summed E-state index contributed by atoms with van der Waals surface area (Å²) in [5.74, 6) is 0.997. The van der Waals surface area contributed by atoms with Crippen LogP contribution >= 0.6 is 45.3 Å². The largest absolute Gasteiger partial charge is 0.296 e. The van der Waals surface area contributed by atoms with Gasteiger partial charge in [0.2, 0.25) is 0 Å². The first kappa shape index (κ1) is 41.0. The fourth-order valence-corrected chi connectivity index (χ4v) is 13.3. The molecule has 7 nitrogen and oxygen atoms in total. The molecule has 0 N–H and O–H groups in total. The summed E-state index contributed by atoms with van der Waals surface area (Å²) in [5, 5.41) is 8.78. The summed E-state index contributed by atoms with van der Waals surface area (Å²) in [6.07, 6.45) is 8.85. The van der Waals surface area contributed by atoms with Gasteiger partial charge in [-0.05, 0) is 87.3 Å². The highest BCUT2D eigenvalue weighted by molar-refractivity contribution is 7.19. The Hall–Kier alpha value is -5.01. The average molecular weight is 889 g/mol. The predicted molar refractivity (Wildman–Crippen MR) is 262 cm³/mol. The van der Waals surface area contributed by atoms with Crippen LogP contribution in [0.5, 0.6) is 0 Å². The molecule has 0 saturated carbocycles. The molecule has 0 aliphatic carbocycles. The van der Waals surface area contributed by atoms with Crippen LogP contribution < -0.4 is 0 Å². The number of aromatic nitrogens is 4. The van der Waals surface area contributed by atoms with Gasteiger partial charge < -0.3 is 0 Å². The number of rotatable bonds is 14. The number of likely N-dealkylation sites (tertiary alicyclic amines) is 2. The first-order valence-electron chi connectivity index (χ1n) is 21.6. The maximum absolute atomic E-state index is 15.7. The van der Waals surface area contributed by atoms with Gasteiger partial charge in [-0.1, -0.05) is 98.1 Å². The van der Waals surface area contributed by atoms with Crippen LogP contribution in [0.2, 0.25) is 0 Å². The molecule has 0 bridgehead atoms.